The van der Waals surface area contributed by atoms with Crippen LogP contribution < -0.4 is 10.1 Å². The second kappa shape index (κ2) is 9.11. The highest BCUT2D eigenvalue weighted by Crippen LogP contribution is 2.34. The summed E-state index contributed by atoms with van der Waals surface area (Å²) in [6, 6.07) is 10.3. The van der Waals surface area contributed by atoms with Gasteiger partial charge in [0.05, 0.1) is 40.6 Å². The molecule has 0 radical (unpaired) electrons. The van der Waals surface area contributed by atoms with Crippen molar-refractivity contribution in [2.75, 3.05) is 11.6 Å². The van der Waals surface area contributed by atoms with E-state index < -0.39 is 9.84 Å². The summed E-state index contributed by atoms with van der Waals surface area (Å²) >= 11 is 0. The van der Waals surface area contributed by atoms with Gasteiger partial charge in [0.1, 0.15) is 11.5 Å². The molecule has 1 N–H and O–H groups in total. The summed E-state index contributed by atoms with van der Waals surface area (Å²) in [5.74, 6) is 1.02. The maximum absolute atomic E-state index is 12.6. The number of hydrogen-bond donors (Lipinski definition) is 1. The lowest BCUT2D eigenvalue weighted by Crippen LogP contribution is -2.14. The van der Waals surface area contributed by atoms with Gasteiger partial charge in [0.2, 0.25) is 5.91 Å². The smallest absolute Gasteiger partial charge is 0.228 e. The molecule has 36 heavy (non-hydrogen) atoms. The zero-order valence-corrected chi connectivity index (χ0v) is 20.9. The monoisotopic (exact) mass is 500 g/mol. The maximum atomic E-state index is 12.6. The van der Waals surface area contributed by atoms with Crippen LogP contribution in [0, 0.1) is 13.8 Å². The number of benzene rings is 2. The molecule has 4 aromatic rings. The Labute approximate surface area is 208 Å². The quantitative estimate of drug-likeness (QED) is 0.365. The number of rotatable bonds is 7. The third kappa shape index (κ3) is 4.79. The minimum absolute atomic E-state index is 0.145. The van der Waals surface area contributed by atoms with Gasteiger partial charge in [-0.15, -0.1) is 5.73 Å². The van der Waals surface area contributed by atoms with Crippen molar-refractivity contribution in [1.29, 1.82) is 0 Å². The number of sulfone groups is 1. The van der Waals surface area contributed by atoms with Crippen LogP contribution in [0.25, 0.3) is 16.6 Å². The molecule has 0 saturated heterocycles. The molecule has 0 saturated carbocycles. The minimum atomic E-state index is -3.37. The number of amides is 1. The molecule has 182 valence electrons. The van der Waals surface area contributed by atoms with Crippen molar-refractivity contribution in [2.24, 2.45) is 0 Å². The molecule has 9 heteroatoms. The van der Waals surface area contributed by atoms with Gasteiger partial charge >= 0.3 is 0 Å². The molecule has 0 spiro atoms. The molecule has 1 amide bonds. The first-order valence-corrected chi connectivity index (χ1v) is 13.2. The Balaban J connectivity index is 1.35. The SMILES string of the molecule is Cc1cc(CC(=O)Nc2cnn(C3=C=CC3)c2)cc(C)c1Oc1ccnc2ccc(S(C)(=O)=O)cc12. The topological polar surface area (TPSA) is 103 Å². The standard InChI is InChI=1S/C27H24N4O4S/c1-17-11-19(13-26(32)30-20-15-29-31(16-20)21-5-4-6-21)12-18(2)27(17)35-25-9-10-28-24-8-7-22(14-23(24)25)36(3,33)34/h4,7-12,14-16H,5,13H2,1-3H3,(H,30,32). The number of fused-ring (bicyclic) bond motifs is 1. The molecule has 0 fully saturated rings. The van der Waals surface area contributed by atoms with Gasteiger partial charge in [0, 0.05) is 24.3 Å². The van der Waals surface area contributed by atoms with Crippen LogP contribution in [0.1, 0.15) is 23.1 Å². The van der Waals surface area contributed by atoms with Crippen LogP contribution in [0.4, 0.5) is 5.69 Å². The summed E-state index contributed by atoms with van der Waals surface area (Å²) < 4.78 is 32.0. The number of anilines is 1. The highest BCUT2D eigenvalue weighted by atomic mass is 32.2. The van der Waals surface area contributed by atoms with Crippen LogP contribution >= 0.6 is 0 Å². The number of nitrogens with one attached hydrogen (secondary N) is 1. The molecule has 2 heterocycles. The summed E-state index contributed by atoms with van der Waals surface area (Å²) in [6.45, 7) is 3.83. The summed E-state index contributed by atoms with van der Waals surface area (Å²) in [4.78, 5) is 17.2. The van der Waals surface area contributed by atoms with E-state index in [0.717, 1.165) is 28.8 Å². The fourth-order valence-electron chi connectivity index (χ4n) is 4.11. The van der Waals surface area contributed by atoms with Crippen LogP contribution in [-0.4, -0.2) is 35.3 Å². The lowest BCUT2D eigenvalue weighted by Gasteiger charge is -2.15. The van der Waals surface area contributed by atoms with Crippen LogP contribution in [0.15, 0.2) is 71.7 Å². The predicted octanol–water partition coefficient (Wildman–Crippen LogP) is 4.82. The van der Waals surface area contributed by atoms with Gasteiger partial charge in [0.25, 0.3) is 0 Å². The maximum Gasteiger partial charge on any atom is 0.228 e. The fourth-order valence-corrected chi connectivity index (χ4v) is 4.76. The molecule has 5 rings (SSSR count). The molecule has 1 aliphatic rings. The Morgan fingerprint density at radius 1 is 1.17 bits per heavy atom. The Kier molecular flexibility index (Phi) is 5.96. The number of hydrogen-bond acceptors (Lipinski definition) is 6. The number of aromatic nitrogens is 3. The average Bonchev–Trinajstić information content (AvgIpc) is 3.21. The first kappa shape index (κ1) is 23.5. The number of carbonyl (C=O) groups excluding carboxylic acids is 1. The molecule has 0 unspecified atom stereocenters. The minimum Gasteiger partial charge on any atom is -0.456 e. The first-order chi connectivity index (χ1) is 17.2. The molecule has 1 aliphatic carbocycles. The molecule has 0 aliphatic heterocycles. The van der Waals surface area contributed by atoms with E-state index in [2.05, 4.69) is 21.1 Å². The second-order valence-corrected chi connectivity index (χ2v) is 10.8. The third-order valence-electron chi connectivity index (χ3n) is 5.90. The molecule has 2 aromatic heterocycles. The number of allylic oxidation sites excluding steroid dienone is 1. The first-order valence-electron chi connectivity index (χ1n) is 11.3. The van der Waals surface area contributed by atoms with E-state index in [1.54, 1.807) is 41.5 Å². The van der Waals surface area contributed by atoms with Crippen LogP contribution in [0.3, 0.4) is 0 Å². The van der Waals surface area contributed by atoms with Gasteiger partial charge in [-0.25, -0.2) is 13.1 Å². The summed E-state index contributed by atoms with van der Waals surface area (Å²) in [6.07, 6.45) is 9.13. The van der Waals surface area contributed by atoms with Crippen LogP contribution in [0.5, 0.6) is 11.5 Å². The van der Waals surface area contributed by atoms with Crippen molar-refractivity contribution in [1.82, 2.24) is 14.8 Å². The Morgan fingerprint density at radius 2 is 1.92 bits per heavy atom. The lowest BCUT2D eigenvalue weighted by molar-refractivity contribution is -0.115. The van der Waals surface area contributed by atoms with Crippen LogP contribution in [0.2, 0.25) is 0 Å². The van der Waals surface area contributed by atoms with E-state index in [9.17, 15) is 13.2 Å². The number of pyridine rings is 1. The largest absolute Gasteiger partial charge is 0.456 e. The Hall–Kier alpha value is -4.20. The summed E-state index contributed by atoms with van der Waals surface area (Å²) in [7, 11) is -3.37. The van der Waals surface area contributed by atoms with Gasteiger partial charge in [-0.2, -0.15) is 5.10 Å². The summed E-state index contributed by atoms with van der Waals surface area (Å²) in [5, 5.41) is 7.74. The normalized spacial score (nSPS) is 12.8. The van der Waals surface area contributed by atoms with Crippen molar-refractivity contribution >= 4 is 38.0 Å². The van der Waals surface area contributed by atoms with Gasteiger partial charge in [-0.1, -0.05) is 12.1 Å². The highest BCUT2D eigenvalue weighted by Gasteiger charge is 2.15. The number of nitrogens with zero attached hydrogens (tertiary/aromatic N) is 3. The van der Waals surface area contributed by atoms with Gasteiger partial charge in [-0.05, 0) is 60.9 Å². The Morgan fingerprint density at radius 3 is 2.58 bits per heavy atom. The van der Waals surface area contributed by atoms with Gasteiger partial charge in [-0.3, -0.25) is 9.78 Å². The highest BCUT2D eigenvalue weighted by molar-refractivity contribution is 7.90. The molecule has 2 aromatic carbocycles. The fraction of sp³-hybridized carbons (Fsp3) is 0.185. The van der Waals surface area contributed by atoms with Crippen molar-refractivity contribution in [2.45, 2.75) is 31.6 Å². The number of carbonyl (C=O) groups is 1. The predicted molar refractivity (Wildman–Crippen MR) is 138 cm³/mol. The summed E-state index contributed by atoms with van der Waals surface area (Å²) in [5.41, 5.74) is 7.86. The second-order valence-electron chi connectivity index (χ2n) is 8.82. The lowest BCUT2D eigenvalue weighted by atomic mass is 10.0. The molecule has 8 nitrogen and oxygen atoms in total. The zero-order chi connectivity index (χ0) is 25.4. The van der Waals surface area contributed by atoms with Crippen molar-refractivity contribution in [3.8, 4) is 11.5 Å². The molecule has 0 atom stereocenters. The van der Waals surface area contributed by atoms with E-state index in [-0.39, 0.29) is 17.2 Å². The Bertz CT molecular complexity index is 1670. The third-order valence-corrected chi connectivity index (χ3v) is 7.02. The van der Waals surface area contributed by atoms with Crippen molar-refractivity contribution in [3.05, 3.63) is 83.5 Å². The van der Waals surface area contributed by atoms with E-state index in [0.29, 0.717) is 28.1 Å². The van der Waals surface area contributed by atoms with Gasteiger partial charge < -0.3 is 10.1 Å². The molecular weight excluding hydrogens is 476 g/mol. The van der Waals surface area contributed by atoms with E-state index >= 15 is 0 Å². The van der Waals surface area contributed by atoms with E-state index in [1.807, 2.05) is 32.1 Å². The number of aryl methyl sites for hydroxylation is 2. The van der Waals surface area contributed by atoms with Gasteiger partial charge in [0.15, 0.2) is 9.84 Å². The molecule has 0 bridgehead atoms. The van der Waals surface area contributed by atoms with Crippen molar-refractivity contribution in [3.63, 3.8) is 0 Å². The van der Waals surface area contributed by atoms with E-state index in [1.165, 1.54) is 12.3 Å². The molecular formula is C27H24N4O4S. The van der Waals surface area contributed by atoms with Crippen LogP contribution in [-0.2, 0) is 21.1 Å². The van der Waals surface area contributed by atoms with Crippen molar-refractivity contribution < 1.29 is 17.9 Å². The average molecular weight is 501 g/mol. The van der Waals surface area contributed by atoms with E-state index in [4.69, 9.17) is 4.74 Å². The zero-order valence-electron chi connectivity index (χ0n) is 20.1. The number of ether oxygens (including phenoxy) is 1.